The zero-order chi connectivity index (χ0) is 18.4. The van der Waals surface area contributed by atoms with E-state index in [1.807, 2.05) is 54.6 Å². The lowest BCUT2D eigenvalue weighted by molar-refractivity contribution is -0.129. The first kappa shape index (κ1) is 18.0. The molecule has 0 aromatic heterocycles. The average molecular weight is 352 g/mol. The van der Waals surface area contributed by atoms with E-state index in [1.54, 1.807) is 12.0 Å². The van der Waals surface area contributed by atoms with E-state index in [4.69, 9.17) is 4.74 Å². The van der Waals surface area contributed by atoms with Gasteiger partial charge in [-0.05, 0) is 23.6 Å². The Morgan fingerprint density at radius 3 is 2.65 bits per heavy atom. The SMILES string of the molecule is COc1ccccc1CCNC(=O)C1CC(=O)N(Cc2ccccc2)C1. The zero-order valence-corrected chi connectivity index (χ0v) is 15.0. The summed E-state index contributed by atoms with van der Waals surface area (Å²) in [5.74, 6) is 0.540. The Morgan fingerprint density at radius 2 is 1.88 bits per heavy atom. The van der Waals surface area contributed by atoms with E-state index >= 15 is 0 Å². The second-order valence-electron chi connectivity index (χ2n) is 6.51. The molecular weight excluding hydrogens is 328 g/mol. The van der Waals surface area contributed by atoms with E-state index in [0.29, 0.717) is 26.1 Å². The second kappa shape index (κ2) is 8.52. The van der Waals surface area contributed by atoms with Crippen molar-refractivity contribution in [2.75, 3.05) is 20.2 Å². The van der Waals surface area contributed by atoms with Crippen LogP contribution < -0.4 is 10.1 Å². The van der Waals surface area contributed by atoms with Crippen LogP contribution in [0.5, 0.6) is 5.75 Å². The van der Waals surface area contributed by atoms with E-state index in [0.717, 1.165) is 16.9 Å². The highest BCUT2D eigenvalue weighted by atomic mass is 16.5. The summed E-state index contributed by atoms with van der Waals surface area (Å²) in [7, 11) is 1.64. The number of ether oxygens (including phenoxy) is 1. The zero-order valence-electron chi connectivity index (χ0n) is 15.0. The number of hydrogen-bond donors (Lipinski definition) is 1. The van der Waals surface area contributed by atoms with Gasteiger partial charge < -0.3 is 15.0 Å². The predicted octanol–water partition coefficient (Wildman–Crippen LogP) is 2.40. The molecule has 0 spiro atoms. The lowest BCUT2D eigenvalue weighted by atomic mass is 10.1. The lowest BCUT2D eigenvalue weighted by Gasteiger charge is -2.16. The summed E-state index contributed by atoms with van der Waals surface area (Å²) < 4.78 is 5.32. The lowest BCUT2D eigenvalue weighted by Crippen LogP contribution is -2.34. The Labute approximate surface area is 154 Å². The first-order valence-corrected chi connectivity index (χ1v) is 8.88. The molecule has 0 aliphatic carbocycles. The van der Waals surface area contributed by atoms with Gasteiger partial charge in [0, 0.05) is 26.1 Å². The summed E-state index contributed by atoms with van der Waals surface area (Å²) in [5, 5.41) is 2.96. The van der Waals surface area contributed by atoms with Crippen molar-refractivity contribution < 1.29 is 14.3 Å². The maximum atomic E-state index is 12.4. The molecule has 3 rings (SSSR count). The molecule has 1 fully saturated rings. The number of methoxy groups -OCH3 is 1. The largest absolute Gasteiger partial charge is 0.496 e. The maximum absolute atomic E-state index is 12.4. The number of amides is 2. The molecule has 5 heteroatoms. The predicted molar refractivity (Wildman–Crippen MR) is 99.7 cm³/mol. The Bertz CT molecular complexity index is 761. The highest BCUT2D eigenvalue weighted by molar-refractivity contribution is 5.89. The van der Waals surface area contributed by atoms with Crippen LogP contribution in [0.15, 0.2) is 54.6 Å². The monoisotopic (exact) mass is 352 g/mol. The first-order chi connectivity index (χ1) is 12.7. The van der Waals surface area contributed by atoms with E-state index in [9.17, 15) is 9.59 Å². The quantitative estimate of drug-likeness (QED) is 0.832. The van der Waals surface area contributed by atoms with Crippen LogP contribution in [-0.2, 0) is 22.6 Å². The summed E-state index contributed by atoms with van der Waals surface area (Å²) in [5.41, 5.74) is 2.14. The van der Waals surface area contributed by atoms with Crippen molar-refractivity contribution in [2.24, 2.45) is 5.92 Å². The number of hydrogen-bond acceptors (Lipinski definition) is 3. The van der Waals surface area contributed by atoms with Crippen LogP contribution in [0.1, 0.15) is 17.5 Å². The molecule has 1 aliphatic rings. The molecule has 1 N–H and O–H groups in total. The Balaban J connectivity index is 1.49. The summed E-state index contributed by atoms with van der Waals surface area (Å²) in [6, 6.07) is 17.6. The molecule has 1 aliphatic heterocycles. The first-order valence-electron chi connectivity index (χ1n) is 8.88. The van der Waals surface area contributed by atoms with Crippen LogP contribution in [0.3, 0.4) is 0 Å². The van der Waals surface area contributed by atoms with Gasteiger partial charge in [0.1, 0.15) is 5.75 Å². The molecule has 0 saturated carbocycles. The molecule has 26 heavy (non-hydrogen) atoms. The van der Waals surface area contributed by atoms with Crippen molar-refractivity contribution in [3.05, 3.63) is 65.7 Å². The Hall–Kier alpha value is -2.82. The molecule has 1 heterocycles. The van der Waals surface area contributed by atoms with Gasteiger partial charge in [0.2, 0.25) is 11.8 Å². The van der Waals surface area contributed by atoms with E-state index in [-0.39, 0.29) is 24.2 Å². The number of nitrogens with zero attached hydrogens (tertiary/aromatic N) is 1. The van der Waals surface area contributed by atoms with Crippen LogP contribution in [0.4, 0.5) is 0 Å². The minimum atomic E-state index is -0.274. The van der Waals surface area contributed by atoms with E-state index in [1.165, 1.54) is 0 Å². The minimum Gasteiger partial charge on any atom is -0.496 e. The van der Waals surface area contributed by atoms with Crippen molar-refractivity contribution in [3.63, 3.8) is 0 Å². The van der Waals surface area contributed by atoms with Gasteiger partial charge in [-0.3, -0.25) is 9.59 Å². The molecule has 1 unspecified atom stereocenters. The van der Waals surface area contributed by atoms with Crippen LogP contribution >= 0.6 is 0 Å². The van der Waals surface area contributed by atoms with Crippen molar-refractivity contribution >= 4 is 11.8 Å². The molecular formula is C21H24N2O3. The third-order valence-electron chi connectivity index (χ3n) is 4.69. The number of rotatable bonds is 7. The van der Waals surface area contributed by atoms with Gasteiger partial charge in [-0.1, -0.05) is 48.5 Å². The van der Waals surface area contributed by atoms with Gasteiger partial charge in [0.05, 0.1) is 13.0 Å². The van der Waals surface area contributed by atoms with Gasteiger partial charge in [0.25, 0.3) is 0 Å². The maximum Gasteiger partial charge on any atom is 0.225 e. The van der Waals surface area contributed by atoms with Crippen LogP contribution in [0.2, 0.25) is 0 Å². The molecule has 0 bridgehead atoms. The van der Waals surface area contributed by atoms with Gasteiger partial charge in [0.15, 0.2) is 0 Å². The van der Waals surface area contributed by atoms with Gasteiger partial charge >= 0.3 is 0 Å². The fourth-order valence-corrected chi connectivity index (χ4v) is 3.28. The normalized spacial score (nSPS) is 16.6. The van der Waals surface area contributed by atoms with Crippen LogP contribution in [0.25, 0.3) is 0 Å². The Kier molecular flexibility index (Phi) is 5.89. The van der Waals surface area contributed by atoms with E-state index < -0.39 is 0 Å². The van der Waals surface area contributed by atoms with E-state index in [2.05, 4.69) is 5.32 Å². The van der Waals surface area contributed by atoms with Crippen molar-refractivity contribution in [1.82, 2.24) is 10.2 Å². The number of carbonyl (C=O) groups excluding carboxylic acids is 2. The highest BCUT2D eigenvalue weighted by Crippen LogP contribution is 2.21. The van der Waals surface area contributed by atoms with Crippen molar-refractivity contribution in [1.29, 1.82) is 0 Å². The topological polar surface area (TPSA) is 58.6 Å². The molecule has 1 atom stereocenters. The smallest absolute Gasteiger partial charge is 0.225 e. The third-order valence-corrected chi connectivity index (χ3v) is 4.69. The standard InChI is InChI=1S/C21H24N2O3/c1-26-19-10-6-5-9-17(19)11-12-22-21(25)18-13-20(24)23(15-18)14-16-7-3-2-4-8-16/h2-10,18H,11-15H2,1H3,(H,22,25). The Morgan fingerprint density at radius 1 is 1.15 bits per heavy atom. The number of nitrogens with one attached hydrogen (secondary N) is 1. The number of para-hydroxylation sites is 1. The van der Waals surface area contributed by atoms with Gasteiger partial charge in [-0.2, -0.15) is 0 Å². The molecule has 1 saturated heterocycles. The summed E-state index contributed by atoms with van der Waals surface area (Å²) in [4.78, 5) is 26.4. The summed E-state index contributed by atoms with van der Waals surface area (Å²) >= 11 is 0. The van der Waals surface area contributed by atoms with Gasteiger partial charge in [-0.25, -0.2) is 0 Å². The summed E-state index contributed by atoms with van der Waals surface area (Å²) in [6.45, 7) is 1.57. The third kappa shape index (κ3) is 4.42. The second-order valence-corrected chi connectivity index (χ2v) is 6.51. The molecule has 136 valence electrons. The number of carbonyl (C=O) groups is 2. The summed E-state index contributed by atoms with van der Waals surface area (Å²) in [6.07, 6.45) is 0.984. The highest BCUT2D eigenvalue weighted by Gasteiger charge is 2.33. The van der Waals surface area contributed by atoms with Crippen molar-refractivity contribution in [2.45, 2.75) is 19.4 Å². The van der Waals surface area contributed by atoms with Gasteiger partial charge in [-0.15, -0.1) is 0 Å². The molecule has 5 nitrogen and oxygen atoms in total. The number of benzene rings is 2. The molecule has 0 radical (unpaired) electrons. The molecule has 2 amide bonds. The molecule has 2 aromatic rings. The molecule has 2 aromatic carbocycles. The van der Waals surface area contributed by atoms with Crippen LogP contribution in [0, 0.1) is 5.92 Å². The fraction of sp³-hybridized carbons (Fsp3) is 0.333. The average Bonchev–Trinajstić information content (AvgIpc) is 3.03. The van der Waals surface area contributed by atoms with Crippen molar-refractivity contribution in [3.8, 4) is 5.75 Å². The van der Waals surface area contributed by atoms with Crippen LogP contribution in [-0.4, -0.2) is 36.9 Å². The minimum absolute atomic E-state index is 0.0405. The number of likely N-dealkylation sites (tertiary alicyclic amines) is 1. The fourth-order valence-electron chi connectivity index (χ4n) is 3.28.